The molecule has 1 N–H and O–H groups in total. The molecule has 0 radical (unpaired) electrons. The van der Waals surface area contributed by atoms with Crippen LogP contribution in [0, 0.1) is 12.8 Å². The van der Waals surface area contributed by atoms with Crippen molar-refractivity contribution in [3.63, 3.8) is 0 Å². The number of carbonyl (C=O) groups excluding carboxylic acids is 1. The summed E-state index contributed by atoms with van der Waals surface area (Å²) in [6.45, 7) is 6.87. The van der Waals surface area contributed by atoms with E-state index >= 15 is 0 Å². The molecule has 1 saturated carbocycles. The Morgan fingerprint density at radius 3 is 2.54 bits per heavy atom. The lowest BCUT2D eigenvalue weighted by Crippen LogP contribution is -2.44. The number of anilines is 1. The topological polar surface area (TPSA) is 47.6 Å². The summed E-state index contributed by atoms with van der Waals surface area (Å²) in [5.74, 6) is 1.07. The molecule has 4 heteroatoms. The second-order valence-corrected chi connectivity index (χ2v) is 7.02. The van der Waals surface area contributed by atoms with Crippen LogP contribution in [0.3, 0.4) is 0 Å². The van der Waals surface area contributed by atoms with Gasteiger partial charge in [0.25, 0.3) is 5.91 Å². The van der Waals surface area contributed by atoms with Crippen LogP contribution in [0.1, 0.15) is 37.8 Å². The summed E-state index contributed by atoms with van der Waals surface area (Å²) >= 11 is 0. The van der Waals surface area contributed by atoms with Gasteiger partial charge in [0.1, 0.15) is 18.0 Å². The van der Waals surface area contributed by atoms with Gasteiger partial charge < -0.3 is 14.8 Å². The molecule has 1 aliphatic carbocycles. The van der Waals surface area contributed by atoms with Crippen LogP contribution in [0.25, 0.3) is 0 Å². The predicted octanol–water partition coefficient (Wildman–Crippen LogP) is 4.72. The van der Waals surface area contributed by atoms with Gasteiger partial charge in [-0.3, -0.25) is 4.79 Å². The molecule has 2 aromatic carbocycles. The molecule has 1 amide bonds. The first-order chi connectivity index (χ1) is 12.5. The lowest BCUT2D eigenvalue weighted by molar-refractivity contribution is -0.141. The van der Waals surface area contributed by atoms with Crippen molar-refractivity contribution in [3.05, 3.63) is 59.7 Å². The Balaban J connectivity index is 1.64. The Morgan fingerprint density at radius 1 is 1.19 bits per heavy atom. The molecule has 0 aromatic heterocycles. The van der Waals surface area contributed by atoms with Crippen molar-refractivity contribution in [1.82, 2.24) is 0 Å². The molecule has 2 aromatic rings. The smallest absolute Gasteiger partial charge is 0.256 e. The van der Waals surface area contributed by atoms with Crippen LogP contribution in [-0.2, 0) is 16.1 Å². The lowest BCUT2D eigenvalue weighted by atomic mass is 9.98. The number of hydrogen-bond acceptors (Lipinski definition) is 3. The maximum absolute atomic E-state index is 12.7. The Bertz CT molecular complexity index is 755. The monoisotopic (exact) mass is 353 g/mol. The van der Waals surface area contributed by atoms with Gasteiger partial charge in [-0.05, 0) is 68.9 Å². The van der Waals surface area contributed by atoms with Crippen LogP contribution in [0.4, 0.5) is 5.69 Å². The fourth-order valence-electron chi connectivity index (χ4n) is 3.18. The van der Waals surface area contributed by atoms with Crippen LogP contribution in [-0.4, -0.2) is 18.1 Å². The lowest BCUT2D eigenvalue weighted by Gasteiger charge is -2.28. The molecule has 0 saturated heterocycles. The standard InChI is InChI=1S/C22H27NO3/c1-4-26-22(3,18-10-11-18)21(24)23-19-12-13-20(16(2)14-19)25-15-17-8-6-5-7-9-17/h5-9,12-14,18H,4,10-11,15H2,1-3H3,(H,23,24)/t22-/m0/s1. The molecular formula is C22H27NO3. The van der Waals surface area contributed by atoms with E-state index in [1.807, 2.05) is 69.3 Å². The maximum Gasteiger partial charge on any atom is 0.256 e. The molecule has 3 rings (SSSR count). The van der Waals surface area contributed by atoms with E-state index in [1.165, 1.54) is 0 Å². The van der Waals surface area contributed by atoms with Gasteiger partial charge in [-0.1, -0.05) is 30.3 Å². The largest absolute Gasteiger partial charge is 0.489 e. The minimum Gasteiger partial charge on any atom is -0.489 e. The third kappa shape index (κ3) is 4.25. The van der Waals surface area contributed by atoms with E-state index < -0.39 is 5.60 Å². The van der Waals surface area contributed by atoms with E-state index in [9.17, 15) is 4.79 Å². The molecule has 0 spiro atoms. The van der Waals surface area contributed by atoms with Crippen LogP contribution in [0.15, 0.2) is 48.5 Å². The van der Waals surface area contributed by atoms with E-state index in [1.54, 1.807) is 0 Å². The van der Waals surface area contributed by atoms with E-state index in [0.29, 0.717) is 19.1 Å². The highest BCUT2D eigenvalue weighted by Crippen LogP contribution is 2.42. The normalized spacial score (nSPS) is 16.0. The van der Waals surface area contributed by atoms with E-state index in [0.717, 1.165) is 35.4 Å². The van der Waals surface area contributed by atoms with Crippen molar-refractivity contribution in [2.45, 2.75) is 45.8 Å². The summed E-state index contributed by atoms with van der Waals surface area (Å²) in [5, 5.41) is 3.01. The number of ether oxygens (including phenoxy) is 2. The zero-order chi connectivity index (χ0) is 18.6. The summed E-state index contributed by atoms with van der Waals surface area (Å²) in [6, 6.07) is 15.8. The number of benzene rings is 2. The Labute approximate surface area is 155 Å². The Hall–Kier alpha value is -2.33. The van der Waals surface area contributed by atoms with Gasteiger partial charge in [0.2, 0.25) is 0 Å². The van der Waals surface area contributed by atoms with Gasteiger partial charge >= 0.3 is 0 Å². The summed E-state index contributed by atoms with van der Waals surface area (Å²) < 4.78 is 11.7. The minimum atomic E-state index is -0.745. The molecule has 1 atom stereocenters. The maximum atomic E-state index is 12.7. The molecule has 138 valence electrons. The zero-order valence-electron chi connectivity index (χ0n) is 15.7. The fourth-order valence-corrected chi connectivity index (χ4v) is 3.18. The molecule has 0 aliphatic heterocycles. The molecule has 1 fully saturated rings. The van der Waals surface area contributed by atoms with Crippen molar-refractivity contribution < 1.29 is 14.3 Å². The van der Waals surface area contributed by atoms with Gasteiger partial charge in [-0.2, -0.15) is 0 Å². The second-order valence-electron chi connectivity index (χ2n) is 7.02. The Morgan fingerprint density at radius 2 is 1.92 bits per heavy atom. The van der Waals surface area contributed by atoms with Crippen LogP contribution in [0.5, 0.6) is 5.75 Å². The van der Waals surface area contributed by atoms with Crippen molar-refractivity contribution in [1.29, 1.82) is 0 Å². The van der Waals surface area contributed by atoms with Crippen LogP contribution < -0.4 is 10.1 Å². The quantitative estimate of drug-likeness (QED) is 0.747. The molecule has 0 heterocycles. The van der Waals surface area contributed by atoms with Gasteiger partial charge in [0, 0.05) is 12.3 Å². The molecule has 4 nitrogen and oxygen atoms in total. The number of rotatable bonds is 8. The fraction of sp³-hybridized carbons (Fsp3) is 0.409. The summed E-state index contributed by atoms with van der Waals surface area (Å²) in [6.07, 6.45) is 2.10. The van der Waals surface area contributed by atoms with Gasteiger partial charge in [-0.15, -0.1) is 0 Å². The molecule has 26 heavy (non-hydrogen) atoms. The highest BCUT2D eigenvalue weighted by atomic mass is 16.5. The first-order valence-corrected chi connectivity index (χ1v) is 9.25. The van der Waals surface area contributed by atoms with Crippen molar-refractivity contribution >= 4 is 11.6 Å². The molecule has 0 unspecified atom stereocenters. The van der Waals surface area contributed by atoms with Crippen LogP contribution in [0.2, 0.25) is 0 Å². The number of hydrogen-bond donors (Lipinski definition) is 1. The third-order valence-corrected chi connectivity index (χ3v) is 4.92. The van der Waals surface area contributed by atoms with E-state index in [-0.39, 0.29) is 5.91 Å². The van der Waals surface area contributed by atoms with E-state index in [4.69, 9.17) is 9.47 Å². The van der Waals surface area contributed by atoms with E-state index in [2.05, 4.69) is 5.32 Å². The first-order valence-electron chi connectivity index (χ1n) is 9.25. The summed E-state index contributed by atoms with van der Waals surface area (Å²) in [5.41, 5.74) is 2.14. The summed E-state index contributed by atoms with van der Waals surface area (Å²) in [4.78, 5) is 12.7. The zero-order valence-corrected chi connectivity index (χ0v) is 15.7. The number of aryl methyl sites for hydroxylation is 1. The minimum absolute atomic E-state index is 0.0702. The van der Waals surface area contributed by atoms with Crippen LogP contribution >= 0.6 is 0 Å². The number of nitrogens with one attached hydrogen (secondary N) is 1. The van der Waals surface area contributed by atoms with Gasteiger partial charge in [-0.25, -0.2) is 0 Å². The first kappa shape index (κ1) is 18.5. The number of carbonyl (C=O) groups is 1. The number of amides is 1. The second kappa shape index (κ2) is 7.92. The highest BCUT2D eigenvalue weighted by Gasteiger charge is 2.48. The van der Waals surface area contributed by atoms with Crippen molar-refractivity contribution in [3.8, 4) is 5.75 Å². The van der Waals surface area contributed by atoms with Crippen molar-refractivity contribution in [2.24, 2.45) is 5.92 Å². The predicted molar refractivity (Wildman–Crippen MR) is 103 cm³/mol. The Kier molecular flexibility index (Phi) is 5.62. The molecular weight excluding hydrogens is 326 g/mol. The van der Waals surface area contributed by atoms with Gasteiger partial charge in [0.15, 0.2) is 0 Å². The highest BCUT2D eigenvalue weighted by molar-refractivity contribution is 5.97. The van der Waals surface area contributed by atoms with Crippen molar-refractivity contribution in [2.75, 3.05) is 11.9 Å². The molecule has 0 bridgehead atoms. The average Bonchev–Trinajstić information content (AvgIpc) is 3.47. The molecule has 1 aliphatic rings. The summed E-state index contributed by atoms with van der Waals surface area (Å²) in [7, 11) is 0. The third-order valence-electron chi connectivity index (χ3n) is 4.92. The van der Waals surface area contributed by atoms with Gasteiger partial charge in [0.05, 0.1) is 0 Å². The average molecular weight is 353 g/mol. The SMILES string of the molecule is CCO[C@](C)(C(=O)Nc1ccc(OCc2ccccc2)c(C)c1)C1CC1.